The third-order valence-electron chi connectivity index (χ3n) is 9.49. The molecule has 4 unspecified atom stereocenters. The highest BCUT2D eigenvalue weighted by Crippen LogP contribution is 2.61. The molecule has 31 heteroatoms. The number of nitrogen functional groups attached to an aromatic ring is 1. The van der Waals surface area contributed by atoms with E-state index in [1.54, 1.807) is 6.92 Å². The number of aliphatic hydroxyl groups is 2. The fraction of sp³-hybridized carbons (Fsp3) is 0.697. The fourth-order valence-electron chi connectivity index (χ4n) is 6.00. The van der Waals surface area contributed by atoms with Crippen molar-refractivity contribution in [3.8, 4) is 0 Å². The summed E-state index contributed by atoms with van der Waals surface area (Å²) in [5.41, 5.74) is 4.19. The van der Waals surface area contributed by atoms with E-state index in [2.05, 4.69) is 34.4 Å². The summed E-state index contributed by atoms with van der Waals surface area (Å²) in [5.74, 6) is -2.93. The van der Waals surface area contributed by atoms with Crippen molar-refractivity contribution in [3.05, 3.63) is 12.7 Å². The highest BCUT2D eigenvalue weighted by atomic mass is 32.2. The zero-order valence-electron chi connectivity index (χ0n) is 35.0. The Balaban J connectivity index is 1.40. The second kappa shape index (κ2) is 23.9. The fourth-order valence-corrected chi connectivity index (χ4v) is 9.50. The average Bonchev–Trinajstić information content (AvgIpc) is 3.74. The number of imidazole rings is 1. The number of rotatable bonds is 28. The number of ether oxygens (including phenoxy) is 1. The van der Waals surface area contributed by atoms with Crippen molar-refractivity contribution in [2.24, 2.45) is 17.3 Å². The lowest BCUT2D eigenvalue weighted by molar-refractivity contribution is -0.138. The predicted octanol–water partition coefficient (Wildman–Crippen LogP) is 0.541. The van der Waals surface area contributed by atoms with Crippen molar-refractivity contribution in [2.45, 2.75) is 96.9 Å². The maximum atomic E-state index is 12.7. The van der Waals surface area contributed by atoms with Crippen LogP contribution >= 0.6 is 35.2 Å². The number of fused-ring (bicyclic) bond motifs is 1. The van der Waals surface area contributed by atoms with E-state index in [0.717, 1.165) is 29.0 Å². The van der Waals surface area contributed by atoms with Crippen LogP contribution in [0.1, 0.15) is 72.4 Å². The molecule has 3 heterocycles. The molecule has 0 aromatic carbocycles. The van der Waals surface area contributed by atoms with Gasteiger partial charge in [-0.3, -0.25) is 42.1 Å². The Kier molecular flexibility index (Phi) is 20.6. The molecule has 2 aromatic rings. The van der Waals surface area contributed by atoms with E-state index in [0.29, 0.717) is 19.3 Å². The Morgan fingerprint density at radius 1 is 1.00 bits per heavy atom. The smallest absolute Gasteiger partial charge is 0.481 e. The molecule has 0 radical (unpaired) electrons. The number of anilines is 1. The molecule has 64 heavy (non-hydrogen) atoms. The molecule has 27 nitrogen and oxygen atoms in total. The lowest BCUT2D eigenvalue weighted by Gasteiger charge is -2.30. The molecule has 0 saturated carbocycles. The van der Waals surface area contributed by atoms with Crippen molar-refractivity contribution in [2.75, 3.05) is 37.8 Å². The summed E-state index contributed by atoms with van der Waals surface area (Å²) in [6.07, 6.45) is -5.55. The van der Waals surface area contributed by atoms with Crippen LogP contribution in [0.25, 0.3) is 11.2 Å². The number of nitrogens with one attached hydrogen (secondary N) is 2. The number of aromatic nitrogens is 4. The molecule has 1 saturated heterocycles. The van der Waals surface area contributed by atoms with Gasteiger partial charge in [0.15, 0.2) is 22.8 Å². The Labute approximate surface area is 370 Å². The highest BCUT2D eigenvalue weighted by Gasteiger charge is 2.50. The number of thioether (sulfide) groups is 1. The number of nitrogens with zero attached hydrogens (tertiary/aromatic N) is 4. The van der Waals surface area contributed by atoms with Gasteiger partial charge in [-0.25, -0.2) is 28.6 Å². The number of hydrogen-bond donors (Lipinski definition) is 10. The molecule has 11 N–H and O–H groups in total. The third kappa shape index (κ3) is 17.8. The Morgan fingerprint density at radius 2 is 1.67 bits per heavy atom. The van der Waals surface area contributed by atoms with E-state index in [9.17, 15) is 67.5 Å². The average molecular weight is 994 g/mol. The molecule has 2 amide bonds. The number of carbonyl (C=O) groups is 5. The van der Waals surface area contributed by atoms with Crippen LogP contribution in [0.4, 0.5) is 5.82 Å². The van der Waals surface area contributed by atoms with E-state index in [4.69, 9.17) is 24.6 Å². The van der Waals surface area contributed by atoms with E-state index in [1.807, 2.05) is 6.92 Å². The Bertz CT molecular complexity index is 2110. The van der Waals surface area contributed by atoms with Crippen molar-refractivity contribution < 1.29 is 95.2 Å². The van der Waals surface area contributed by atoms with Crippen LogP contribution in [0, 0.1) is 17.3 Å². The van der Waals surface area contributed by atoms with Gasteiger partial charge in [0.1, 0.15) is 42.0 Å². The Morgan fingerprint density at radius 3 is 2.33 bits per heavy atom. The second-order valence-corrected chi connectivity index (χ2v) is 20.9. The minimum absolute atomic E-state index is 0.0169. The van der Waals surface area contributed by atoms with E-state index in [-0.39, 0.29) is 77.8 Å². The van der Waals surface area contributed by atoms with E-state index in [1.165, 1.54) is 13.8 Å². The molecule has 1 aliphatic rings. The number of ketones is 1. The van der Waals surface area contributed by atoms with Gasteiger partial charge in [0.05, 0.1) is 26.0 Å². The first-order chi connectivity index (χ1) is 29.6. The van der Waals surface area contributed by atoms with Crippen LogP contribution in [0.15, 0.2) is 12.7 Å². The van der Waals surface area contributed by atoms with Gasteiger partial charge in [0.25, 0.3) is 0 Å². The van der Waals surface area contributed by atoms with E-state index < -0.39 is 90.5 Å². The molecular weight excluding hydrogens is 939 g/mol. The van der Waals surface area contributed by atoms with Gasteiger partial charge in [-0.2, -0.15) is 4.31 Å². The van der Waals surface area contributed by atoms with Crippen molar-refractivity contribution in [1.82, 2.24) is 30.2 Å². The molecule has 3 rings (SSSR count). The normalized spacial score (nSPS) is 21.3. The molecule has 1 aliphatic heterocycles. The summed E-state index contributed by atoms with van der Waals surface area (Å²) in [4.78, 5) is 111. The summed E-state index contributed by atoms with van der Waals surface area (Å²) in [5, 5.41) is 34.8. The molecule has 0 aliphatic carbocycles. The number of amides is 2. The molecule has 0 spiro atoms. The number of phosphoric ester groups is 3. The predicted molar refractivity (Wildman–Crippen MR) is 221 cm³/mol. The summed E-state index contributed by atoms with van der Waals surface area (Å²) >= 11 is 0.865. The van der Waals surface area contributed by atoms with Gasteiger partial charge >= 0.3 is 29.4 Å². The monoisotopic (exact) mass is 993 g/mol. The first-order valence-corrected chi connectivity index (χ1v) is 24.9. The summed E-state index contributed by atoms with van der Waals surface area (Å²) in [6, 6.07) is 0. The molecule has 0 bridgehead atoms. The first-order valence-electron chi connectivity index (χ1n) is 19.4. The van der Waals surface area contributed by atoms with E-state index >= 15 is 0 Å². The molecule has 9 atom stereocenters. The third-order valence-corrected chi connectivity index (χ3v) is 13.5. The number of carbonyl (C=O) groups excluding carboxylic acids is 4. The zero-order valence-corrected chi connectivity index (χ0v) is 38.5. The summed E-state index contributed by atoms with van der Waals surface area (Å²) < 4.78 is 62.2. The lowest BCUT2D eigenvalue weighted by Crippen LogP contribution is -2.46. The Hall–Kier alpha value is -3.30. The maximum absolute atomic E-state index is 12.7. The van der Waals surface area contributed by atoms with Gasteiger partial charge in [0, 0.05) is 43.0 Å². The maximum Gasteiger partial charge on any atom is 0.481 e. The van der Waals surface area contributed by atoms with Crippen LogP contribution in [0.3, 0.4) is 0 Å². The van der Waals surface area contributed by atoms with Crippen LogP contribution in [-0.2, 0) is 60.3 Å². The zero-order chi connectivity index (χ0) is 48.2. The quantitative estimate of drug-likeness (QED) is 0.0316. The minimum atomic E-state index is -5.60. The molecule has 2 aromatic heterocycles. The summed E-state index contributed by atoms with van der Waals surface area (Å²) in [7, 11) is -16.5. The number of nitrogens with two attached hydrogens (primary N) is 1. The van der Waals surface area contributed by atoms with Crippen LogP contribution in [0.2, 0.25) is 0 Å². The minimum Gasteiger partial charge on any atom is -0.481 e. The van der Waals surface area contributed by atoms with Gasteiger partial charge in [-0.05, 0) is 12.3 Å². The lowest BCUT2D eigenvalue weighted by atomic mass is 9.87. The van der Waals surface area contributed by atoms with Gasteiger partial charge in [0.2, 0.25) is 11.8 Å². The SMILES string of the molecule is CC(CCCC(C)C(=O)CC(=O)SCCNC(=O)CCNC(=O)[C@H](O)C(C)(C)COP(=O)(O)OP(=O)(O)OC[C@H]1O[C@H](n2cnc3c(N)ncnc32)[C@@H](O)[C@@H]1OP(=O)(O)O)CC(=O)O. The van der Waals surface area contributed by atoms with Crippen molar-refractivity contribution >= 4 is 80.9 Å². The molecular formula is C33H54N7O20P3S. The second-order valence-electron chi connectivity index (χ2n) is 15.5. The number of aliphatic carboxylic acids is 1. The standard InChI is InChI=1S/C33H54N7O20P3S/c1-18(12-23(43)44)6-5-7-19(2)20(41)13-24(45)64-11-10-35-22(42)8-9-36-31(48)28(47)33(3,4)15-57-63(54,55)60-62(52,53)56-14-21-27(59-61(49,50)51)26(46)32(58-21)40-17-39-25-29(34)37-16-38-30(25)40/h16-19,21,26-28,32,46-47H,5-15H2,1-4H3,(H,35,42)(H,36,48)(H,43,44)(H,52,53)(H,54,55)(H2,34,37,38)(H2,49,50,51)/t18?,19?,21-,26+,27-,28+,32+/m1/s1. The molecule has 362 valence electrons. The number of carboxylic acids is 1. The highest BCUT2D eigenvalue weighted by molar-refractivity contribution is 8.13. The summed E-state index contributed by atoms with van der Waals surface area (Å²) in [6.45, 7) is 3.71. The number of hydrogen-bond acceptors (Lipinski definition) is 20. The van der Waals surface area contributed by atoms with Gasteiger partial charge in [-0.15, -0.1) is 0 Å². The molecule has 1 fully saturated rings. The number of carboxylic acid groups (broad SMARTS) is 1. The van der Waals surface area contributed by atoms with Gasteiger partial charge in [-0.1, -0.05) is 52.3 Å². The van der Waals surface area contributed by atoms with Gasteiger partial charge < -0.3 is 56.0 Å². The number of phosphoric acid groups is 3. The first kappa shape index (κ1) is 55.0. The van der Waals surface area contributed by atoms with Crippen LogP contribution in [-0.4, -0.2) is 140 Å². The number of aliphatic hydroxyl groups excluding tert-OH is 2. The van der Waals surface area contributed by atoms with Crippen molar-refractivity contribution in [1.29, 1.82) is 0 Å². The van der Waals surface area contributed by atoms with Crippen LogP contribution in [0.5, 0.6) is 0 Å². The largest absolute Gasteiger partial charge is 0.481 e. The topological polar surface area (TPSA) is 418 Å². The van der Waals surface area contributed by atoms with Crippen LogP contribution < -0.4 is 16.4 Å². The van der Waals surface area contributed by atoms with Crippen molar-refractivity contribution in [3.63, 3.8) is 0 Å². The number of Topliss-reactive ketones (excluding diaryl/α,β-unsaturated/α-hetero) is 1.